The van der Waals surface area contributed by atoms with E-state index >= 15 is 0 Å². The molecule has 0 saturated carbocycles. The maximum atomic E-state index is 13.3. The minimum absolute atomic E-state index is 0.173. The summed E-state index contributed by atoms with van der Waals surface area (Å²) in [5.41, 5.74) is 2.92. The monoisotopic (exact) mass is 521 g/mol. The van der Waals surface area contributed by atoms with Gasteiger partial charge in [0.1, 0.15) is 23.7 Å². The minimum atomic E-state index is -0.851. The first-order valence-corrected chi connectivity index (χ1v) is 12.2. The zero-order valence-electron chi connectivity index (χ0n) is 21.1. The summed E-state index contributed by atoms with van der Waals surface area (Å²) in [6, 6.07) is 13.4. The number of hydrogen-bond donors (Lipinski definition) is 1. The van der Waals surface area contributed by atoms with Crippen LogP contribution in [0.1, 0.15) is 36.6 Å². The molecule has 9 heteroatoms. The van der Waals surface area contributed by atoms with Crippen molar-refractivity contribution in [3.8, 4) is 11.5 Å². The molecule has 2 aromatic carbocycles. The van der Waals surface area contributed by atoms with Crippen LogP contribution in [0.5, 0.6) is 11.5 Å². The van der Waals surface area contributed by atoms with Gasteiger partial charge in [0.2, 0.25) is 0 Å². The fraction of sp³-hybridized carbons (Fsp3) is 0.250. The topological polar surface area (TPSA) is 89.9 Å². The third-order valence-corrected chi connectivity index (χ3v) is 6.33. The third-order valence-electron chi connectivity index (χ3n) is 6.03. The van der Waals surface area contributed by atoms with Crippen LogP contribution in [-0.4, -0.2) is 36.1 Å². The van der Waals surface area contributed by atoms with Crippen LogP contribution in [0.3, 0.4) is 0 Å². The molecule has 3 aromatic rings. The van der Waals surface area contributed by atoms with Crippen molar-refractivity contribution in [1.82, 2.24) is 9.88 Å². The highest BCUT2D eigenvalue weighted by Crippen LogP contribution is 2.31. The van der Waals surface area contributed by atoms with E-state index in [0.29, 0.717) is 30.5 Å². The molecule has 1 N–H and O–H groups in total. The SMILES string of the molecule is COc1ccc(N2C(=O)NC(=O)/C(=C\c3cccn3CCOc3cc(C)ccc3C(C)C)C2=O)cc1Cl. The van der Waals surface area contributed by atoms with Gasteiger partial charge in [-0.25, -0.2) is 9.69 Å². The number of benzene rings is 2. The Labute approximate surface area is 220 Å². The number of imide groups is 2. The number of amides is 4. The van der Waals surface area contributed by atoms with E-state index in [2.05, 4.69) is 31.3 Å². The minimum Gasteiger partial charge on any atom is -0.495 e. The largest absolute Gasteiger partial charge is 0.495 e. The number of aromatic nitrogens is 1. The zero-order valence-corrected chi connectivity index (χ0v) is 21.8. The second kappa shape index (κ2) is 10.9. The number of hydrogen-bond acceptors (Lipinski definition) is 5. The number of carbonyl (C=O) groups excluding carboxylic acids is 3. The van der Waals surface area contributed by atoms with Gasteiger partial charge in [-0.1, -0.05) is 37.6 Å². The number of barbiturate groups is 1. The van der Waals surface area contributed by atoms with E-state index in [1.165, 1.54) is 25.3 Å². The summed E-state index contributed by atoms with van der Waals surface area (Å²) in [5, 5.41) is 2.45. The molecule has 0 atom stereocenters. The average Bonchev–Trinajstić information content (AvgIpc) is 3.28. The fourth-order valence-electron chi connectivity index (χ4n) is 4.09. The van der Waals surface area contributed by atoms with E-state index in [9.17, 15) is 14.4 Å². The molecule has 0 radical (unpaired) electrons. The average molecular weight is 522 g/mol. The number of nitrogens with one attached hydrogen (secondary N) is 1. The summed E-state index contributed by atoms with van der Waals surface area (Å²) in [5.74, 6) is 0.0469. The molecule has 37 heavy (non-hydrogen) atoms. The maximum absolute atomic E-state index is 13.3. The second-order valence-electron chi connectivity index (χ2n) is 8.95. The molecule has 8 nitrogen and oxygen atoms in total. The lowest BCUT2D eigenvalue weighted by Gasteiger charge is -2.26. The molecular formula is C28H28ClN3O5. The summed E-state index contributed by atoms with van der Waals surface area (Å²) >= 11 is 6.18. The molecule has 1 saturated heterocycles. The first-order chi connectivity index (χ1) is 17.7. The van der Waals surface area contributed by atoms with Crippen LogP contribution in [0.4, 0.5) is 10.5 Å². The summed E-state index contributed by atoms with van der Waals surface area (Å²) in [7, 11) is 1.46. The van der Waals surface area contributed by atoms with E-state index in [4.69, 9.17) is 21.1 Å². The first-order valence-electron chi connectivity index (χ1n) is 11.8. The van der Waals surface area contributed by atoms with Crippen LogP contribution in [0, 0.1) is 6.92 Å². The highest BCUT2D eigenvalue weighted by atomic mass is 35.5. The van der Waals surface area contributed by atoms with Crippen LogP contribution in [0.15, 0.2) is 60.3 Å². The number of urea groups is 1. The summed E-state index contributed by atoms with van der Waals surface area (Å²) in [6.07, 6.45) is 3.31. The van der Waals surface area contributed by atoms with E-state index in [-0.39, 0.29) is 16.3 Å². The van der Waals surface area contributed by atoms with E-state index < -0.39 is 17.8 Å². The van der Waals surface area contributed by atoms with Crippen LogP contribution < -0.4 is 19.7 Å². The molecule has 0 bridgehead atoms. The highest BCUT2D eigenvalue weighted by molar-refractivity contribution is 6.39. The molecular weight excluding hydrogens is 494 g/mol. The summed E-state index contributed by atoms with van der Waals surface area (Å²) < 4.78 is 13.1. The second-order valence-corrected chi connectivity index (χ2v) is 9.35. The molecule has 0 spiro atoms. The van der Waals surface area contributed by atoms with E-state index in [0.717, 1.165) is 21.8 Å². The smallest absolute Gasteiger partial charge is 0.335 e. The van der Waals surface area contributed by atoms with Crippen LogP contribution in [0.2, 0.25) is 5.02 Å². The molecule has 4 rings (SSSR count). The Morgan fingerprint density at radius 2 is 1.84 bits per heavy atom. The number of halogens is 1. The Kier molecular flexibility index (Phi) is 7.69. The van der Waals surface area contributed by atoms with Crippen LogP contribution in [-0.2, 0) is 16.1 Å². The van der Waals surface area contributed by atoms with E-state index in [1.54, 1.807) is 12.1 Å². The molecule has 0 unspecified atom stereocenters. The normalized spacial score (nSPS) is 14.9. The Balaban J connectivity index is 1.54. The van der Waals surface area contributed by atoms with Crippen molar-refractivity contribution >= 4 is 41.2 Å². The van der Waals surface area contributed by atoms with Gasteiger partial charge in [0.05, 0.1) is 24.4 Å². The molecule has 0 aliphatic carbocycles. The number of nitrogens with zero attached hydrogens (tertiary/aromatic N) is 2. The maximum Gasteiger partial charge on any atom is 0.335 e. The van der Waals surface area contributed by atoms with Gasteiger partial charge in [-0.2, -0.15) is 0 Å². The first kappa shape index (κ1) is 26.0. The molecule has 1 aliphatic rings. The molecule has 2 heterocycles. The predicted molar refractivity (Wildman–Crippen MR) is 142 cm³/mol. The van der Waals surface area contributed by atoms with Crippen LogP contribution in [0.25, 0.3) is 6.08 Å². The standard InChI is InChI=1S/C28H28ClN3O5/c1-17(2)21-9-7-18(3)14-25(21)37-13-12-31-11-5-6-19(31)15-22-26(33)30-28(35)32(27(22)34)20-8-10-24(36-4)23(29)16-20/h5-11,14-17H,12-13H2,1-4H3,(H,30,33,35)/b22-15+. The van der Waals surface area contributed by atoms with Gasteiger partial charge in [-0.15, -0.1) is 0 Å². The van der Waals surface area contributed by atoms with Crippen molar-refractivity contribution in [1.29, 1.82) is 0 Å². The molecule has 1 fully saturated rings. The quantitative estimate of drug-likeness (QED) is 0.320. The number of aryl methyl sites for hydroxylation is 1. The van der Waals surface area contributed by atoms with Crippen LogP contribution >= 0.6 is 11.6 Å². The Bertz CT molecular complexity index is 1390. The molecule has 192 valence electrons. The Morgan fingerprint density at radius 3 is 2.54 bits per heavy atom. The van der Waals surface area contributed by atoms with Crippen molar-refractivity contribution in [2.75, 3.05) is 18.6 Å². The number of rotatable bonds is 8. The molecule has 1 aliphatic heterocycles. The van der Waals surface area contributed by atoms with Gasteiger partial charge >= 0.3 is 6.03 Å². The third kappa shape index (κ3) is 5.54. The number of ether oxygens (including phenoxy) is 2. The van der Waals surface area contributed by atoms with Crippen molar-refractivity contribution in [2.45, 2.75) is 33.2 Å². The summed E-state index contributed by atoms with van der Waals surface area (Å²) in [6.45, 7) is 7.14. The molecule has 4 amide bonds. The van der Waals surface area contributed by atoms with Gasteiger partial charge in [-0.05, 0) is 66.4 Å². The van der Waals surface area contributed by atoms with E-state index in [1.807, 2.05) is 29.8 Å². The van der Waals surface area contributed by atoms with Gasteiger partial charge < -0.3 is 14.0 Å². The van der Waals surface area contributed by atoms with Crippen molar-refractivity contribution in [3.63, 3.8) is 0 Å². The van der Waals surface area contributed by atoms with Gasteiger partial charge in [0.25, 0.3) is 11.8 Å². The van der Waals surface area contributed by atoms with Gasteiger partial charge in [0, 0.05) is 11.9 Å². The van der Waals surface area contributed by atoms with Crippen molar-refractivity contribution in [3.05, 3.63) is 82.1 Å². The molecule has 1 aromatic heterocycles. The zero-order chi connectivity index (χ0) is 26.7. The lowest BCUT2D eigenvalue weighted by molar-refractivity contribution is -0.122. The lowest BCUT2D eigenvalue weighted by Crippen LogP contribution is -2.54. The lowest BCUT2D eigenvalue weighted by atomic mass is 10.0. The predicted octanol–water partition coefficient (Wildman–Crippen LogP) is 5.33. The number of anilines is 1. The van der Waals surface area contributed by atoms with Crippen molar-refractivity contribution < 1.29 is 23.9 Å². The van der Waals surface area contributed by atoms with Crippen molar-refractivity contribution in [2.24, 2.45) is 0 Å². The highest BCUT2D eigenvalue weighted by Gasteiger charge is 2.37. The number of carbonyl (C=O) groups is 3. The summed E-state index contributed by atoms with van der Waals surface area (Å²) in [4.78, 5) is 39.2. The fourth-order valence-corrected chi connectivity index (χ4v) is 4.35. The Morgan fingerprint density at radius 1 is 1.05 bits per heavy atom. The van der Waals surface area contributed by atoms with Gasteiger partial charge in [0.15, 0.2) is 0 Å². The number of methoxy groups -OCH3 is 1. The Hall–Kier alpha value is -4.04. The van der Waals surface area contributed by atoms with Gasteiger partial charge in [-0.3, -0.25) is 14.9 Å².